The number of ether oxygens (including phenoxy) is 2. The van der Waals surface area contributed by atoms with Crippen molar-refractivity contribution in [3.8, 4) is 5.75 Å². The van der Waals surface area contributed by atoms with Gasteiger partial charge in [0.05, 0.1) is 19.3 Å². The lowest BCUT2D eigenvalue weighted by atomic mass is 9.99. The van der Waals surface area contributed by atoms with E-state index in [1.165, 1.54) is 7.11 Å². The molecule has 0 bridgehead atoms. The summed E-state index contributed by atoms with van der Waals surface area (Å²) < 4.78 is 10.6. The zero-order valence-electron chi connectivity index (χ0n) is 12.0. The largest absolute Gasteiger partial charge is 0.493 e. The third-order valence-electron chi connectivity index (χ3n) is 3.56. The predicted molar refractivity (Wildman–Crippen MR) is 80.9 cm³/mol. The van der Waals surface area contributed by atoms with E-state index in [9.17, 15) is 4.79 Å². The zero-order chi connectivity index (χ0) is 13.7. The summed E-state index contributed by atoms with van der Waals surface area (Å²) in [4.78, 5) is 11.6. The number of carbonyl (C=O) groups is 1. The van der Waals surface area contributed by atoms with Crippen molar-refractivity contribution in [1.82, 2.24) is 5.32 Å². The van der Waals surface area contributed by atoms with Gasteiger partial charge in [-0.25, -0.2) is 4.79 Å². The molecule has 1 N–H and O–H groups in total. The van der Waals surface area contributed by atoms with Crippen LogP contribution in [0.4, 0.5) is 0 Å². The Morgan fingerprint density at radius 3 is 2.70 bits per heavy atom. The first kappa shape index (κ1) is 16.8. The van der Waals surface area contributed by atoms with Crippen molar-refractivity contribution in [2.75, 3.05) is 26.8 Å². The minimum absolute atomic E-state index is 0. The Kier molecular flexibility index (Phi) is 6.82. The van der Waals surface area contributed by atoms with Crippen LogP contribution in [0, 0.1) is 12.8 Å². The van der Waals surface area contributed by atoms with Crippen molar-refractivity contribution in [1.29, 1.82) is 0 Å². The van der Waals surface area contributed by atoms with Crippen LogP contribution in [0.2, 0.25) is 0 Å². The number of benzene rings is 1. The van der Waals surface area contributed by atoms with Gasteiger partial charge in [0.25, 0.3) is 0 Å². The SMILES string of the molecule is COC(=O)c1cc(OCC2CCNCC2)ccc1C.Cl. The van der Waals surface area contributed by atoms with E-state index < -0.39 is 0 Å². The average Bonchev–Trinajstić information content (AvgIpc) is 2.46. The lowest BCUT2D eigenvalue weighted by Gasteiger charge is -2.22. The summed E-state index contributed by atoms with van der Waals surface area (Å²) in [5, 5.41) is 3.34. The minimum Gasteiger partial charge on any atom is -0.493 e. The number of esters is 1. The van der Waals surface area contributed by atoms with E-state index in [0.29, 0.717) is 18.1 Å². The molecule has 1 aromatic carbocycles. The van der Waals surface area contributed by atoms with E-state index in [0.717, 1.165) is 37.2 Å². The predicted octanol–water partition coefficient (Wildman–Crippen LogP) is 2.58. The van der Waals surface area contributed by atoms with E-state index in [2.05, 4.69) is 5.32 Å². The molecular formula is C15H22ClNO3. The van der Waals surface area contributed by atoms with Crippen molar-refractivity contribution in [3.63, 3.8) is 0 Å². The topological polar surface area (TPSA) is 47.6 Å². The Morgan fingerprint density at radius 2 is 2.05 bits per heavy atom. The van der Waals surface area contributed by atoms with Gasteiger partial charge >= 0.3 is 5.97 Å². The van der Waals surface area contributed by atoms with Crippen molar-refractivity contribution < 1.29 is 14.3 Å². The number of halogens is 1. The van der Waals surface area contributed by atoms with Crippen LogP contribution in [0.1, 0.15) is 28.8 Å². The van der Waals surface area contributed by atoms with Crippen molar-refractivity contribution >= 4 is 18.4 Å². The Morgan fingerprint density at radius 1 is 1.35 bits per heavy atom. The molecule has 0 unspecified atom stereocenters. The fraction of sp³-hybridized carbons (Fsp3) is 0.533. The molecule has 20 heavy (non-hydrogen) atoms. The highest BCUT2D eigenvalue weighted by Gasteiger charge is 2.15. The molecule has 5 heteroatoms. The molecule has 0 radical (unpaired) electrons. The molecule has 1 aliphatic heterocycles. The van der Waals surface area contributed by atoms with Crippen molar-refractivity contribution in [2.24, 2.45) is 5.92 Å². The second-order valence-electron chi connectivity index (χ2n) is 4.97. The van der Waals surface area contributed by atoms with Crippen LogP contribution in [0.5, 0.6) is 5.75 Å². The van der Waals surface area contributed by atoms with Gasteiger partial charge < -0.3 is 14.8 Å². The molecule has 0 amide bonds. The first-order valence-electron chi connectivity index (χ1n) is 6.73. The van der Waals surface area contributed by atoms with E-state index >= 15 is 0 Å². The van der Waals surface area contributed by atoms with E-state index in [-0.39, 0.29) is 18.4 Å². The molecule has 0 spiro atoms. The number of piperidine rings is 1. The van der Waals surface area contributed by atoms with Crippen LogP contribution in [0.3, 0.4) is 0 Å². The molecule has 4 nitrogen and oxygen atoms in total. The van der Waals surface area contributed by atoms with Crippen LogP contribution >= 0.6 is 12.4 Å². The number of nitrogens with one attached hydrogen (secondary N) is 1. The Labute approximate surface area is 126 Å². The van der Waals surface area contributed by atoms with Gasteiger partial charge in [0.1, 0.15) is 5.75 Å². The number of hydrogen-bond donors (Lipinski definition) is 1. The molecule has 0 aliphatic carbocycles. The zero-order valence-corrected chi connectivity index (χ0v) is 12.8. The highest BCUT2D eigenvalue weighted by atomic mass is 35.5. The molecule has 1 aliphatic rings. The highest BCUT2D eigenvalue weighted by Crippen LogP contribution is 2.20. The van der Waals surface area contributed by atoms with Crippen LogP contribution in [-0.4, -0.2) is 32.8 Å². The third kappa shape index (κ3) is 4.39. The van der Waals surface area contributed by atoms with Gasteiger partial charge in [-0.2, -0.15) is 0 Å². The smallest absolute Gasteiger partial charge is 0.338 e. The number of hydrogen-bond acceptors (Lipinski definition) is 4. The summed E-state index contributed by atoms with van der Waals surface area (Å²) in [6.45, 7) is 4.73. The van der Waals surface area contributed by atoms with Crippen LogP contribution in [-0.2, 0) is 4.74 Å². The van der Waals surface area contributed by atoms with E-state index in [1.807, 2.05) is 19.1 Å². The maximum atomic E-state index is 11.6. The lowest BCUT2D eigenvalue weighted by molar-refractivity contribution is 0.0599. The standard InChI is InChI=1S/C15H21NO3.ClH/c1-11-3-4-13(9-14(11)15(17)18-2)19-10-12-5-7-16-8-6-12;/h3-4,9,12,16H,5-8,10H2,1-2H3;1H. The summed E-state index contributed by atoms with van der Waals surface area (Å²) in [6.07, 6.45) is 2.30. The lowest BCUT2D eigenvalue weighted by Crippen LogP contribution is -2.30. The molecule has 1 saturated heterocycles. The van der Waals surface area contributed by atoms with Gasteiger partial charge in [0.15, 0.2) is 0 Å². The molecule has 112 valence electrons. The summed E-state index contributed by atoms with van der Waals surface area (Å²) in [5.74, 6) is 1.03. The van der Waals surface area contributed by atoms with Gasteiger partial charge in [-0.05, 0) is 56.5 Å². The van der Waals surface area contributed by atoms with E-state index in [1.54, 1.807) is 6.07 Å². The van der Waals surface area contributed by atoms with E-state index in [4.69, 9.17) is 9.47 Å². The maximum Gasteiger partial charge on any atom is 0.338 e. The molecule has 0 aromatic heterocycles. The highest BCUT2D eigenvalue weighted by molar-refractivity contribution is 5.91. The Bertz CT molecular complexity index is 445. The van der Waals surface area contributed by atoms with Crippen molar-refractivity contribution in [3.05, 3.63) is 29.3 Å². The van der Waals surface area contributed by atoms with Crippen LogP contribution < -0.4 is 10.1 Å². The fourth-order valence-corrected chi connectivity index (χ4v) is 2.28. The van der Waals surface area contributed by atoms with Crippen molar-refractivity contribution in [2.45, 2.75) is 19.8 Å². The van der Waals surface area contributed by atoms with Gasteiger partial charge in [-0.1, -0.05) is 6.07 Å². The average molecular weight is 300 g/mol. The molecule has 1 aromatic rings. The second kappa shape index (κ2) is 8.12. The maximum absolute atomic E-state index is 11.6. The second-order valence-corrected chi connectivity index (χ2v) is 4.97. The molecule has 0 atom stereocenters. The molecule has 1 fully saturated rings. The van der Waals surface area contributed by atoms with Gasteiger partial charge in [0, 0.05) is 0 Å². The normalized spacial score (nSPS) is 15.3. The number of methoxy groups -OCH3 is 1. The first-order chi connectivity index (χ1) is 9.20. The van der Waals surface area contributed by atoms with Gasteiger partial charge in [-0.3, -0.25) is 0 Å². The van der Waals surface area contributed by atoms with Crippen LogP contribution in [0.15, 0.2) is 18.2 Å². The first-order valence-corrected chi connectivity index (χ1v) is 6.73. The molecule has 2 rings (SSSR count). The number of aryl methyl sites for hydroxylation is 1. The fourth-order valence-electron chi connectivity index (χ4n) is 2.28. The summed E-state index contributed by atoms with van der Waals surface area (Å²) in [5.41, 5.74) is 1.48. The van der Waals surface area contributed by atoms with Gasteiger partial charge in [-0.15, -0.1) is 12.4 Å². The summed E-state index contributed by atoms with van der Waals surface area (Å²) >= 11 is 0. The third-order valence-corrected chi connectivity index (χ3v) is 3.56. The molecule has 1 heterocycles. The summed E-state index contributed by atoms with van der Waals surface area (Å²) in [7, 11) is 1.39. The minimum atomic E-state index is -0.315. The number of rotatable bonds is 4. The quantitative estimate of drug-likeness (QED) is 0.868. The van der Waals surface area contributed by atoms with Crippen LogP contribution in [0.25, 0.3) is 0 Å². The number of carbonyl (C=O) groups excluding carboxylic acids is 1. The molecule has 0 saturated carbocycles. The van der Waals surface area contributed by atoms with Gasteiger partial charge in [0.2, 0.25) is 0 Å². The molecular weight excluding hydrogens is 278 g/mol. The summed E-state index contributed by atoms with van der Waals surface area (Å²) in [6, 6.07) is 5.56. The Hall–Kier alpha value is -1.26. The monoisotopic (exact) mass is 299 g/mol. The Balaban J connectivity index is 0.00000200.